The second-order valence-electron chi connectivity index (χ2n) is 6.40. The fourth-order valence-electron chi connectivity index (χ4n) is 3.43. The topological polar surface area (TPSA) is 31.4 Å². The molecule has 2 aliphatic rings. The van der Waals surface area contributed by atoms with Crippen molar-refractivity contribution in [1.82, 2.24) is 9.88 Å². The molecule has 1 fully saturated rings. The Labute approximate surface area is 140 Å². The highest BCUT2D eigenvalue weighted by molar-refractivity contribution is 5.77. The smallest absolute Gasteiger partial charge is 0.151 e. The second-order valence-corrected chi connectivity index (χ2v) is 6.40. The number of likely N-dealkylation sites (tertiary alicyclic amines) is 1. The average molecular weight is 330 g/mol. The minimum absolute atomic E-state index is 0.509. The van der Waals surface area contributed by atoms with Gasteiger partial charge in [0.05, 0.1) is 12.4 Å². The Bertz CT molecular complexity index is 724. The van der Waals surface area contributed by atoms with E-state index in [2.05, 4.69) is 20.1 Å². The van der Waals surface area contributed by atoms with Crippen LogP contribution in [0.3, 0.4) is 0 Å². The molecule has 0 atom stereocenters. The predicted octanol–water partition coefficient (Wildman–Crippen LogP) is 3.31. The van der Waals surface area contributed by atoms with E-state index in [0.717, 1.165) is 42.9 Å². The van der Waals surface area contributed by atoms with Gasteiger partial charge in [0.25, 0.3) is 0 Å². The maximum absolute atomic E-state index is 13.5. The van der Waals surface area contributed by atoms with E-state index in [-0.39, 0.29) is 0 Å². The highest BCUT2D eigenvalue weighted by atomic mass is 19.1. The van der Waals surface area contributed by atoms with Crippen molar-refractivity contribution in [2.45, 2.75) is 12.8 Å². The van der Waals surface area contributed by atoms with Crippen LogP contribution in [-0.2, 0) is 0 Å². The van der Waals surface area contributed by atoms with Gasteiger partial charge in [0.2, 0.25) is 0 Å². The van der Waals surface area contributed by atoms with Gasteiger partial charge in [0.15, 0.2) is 5.82 Å². The van der Waals surface area contributed by atoms with Gasteiger partial charge in [-0.2, -0.15) is 0 Å². The molecule has 1 aromatic heterocycles. The Morgan fingerprint density at radius 1 is 0.958 bits per heavy atom. The average Bonchev–Trinajstić information content (AvgIpc) is 3.21. The molecule has 0 spiro atoms. The van der Waals surface area contributed by atoms with Crippen LogP contribution in [0, 0.1) is 11.6 Å². The number of benzene rings is 1. The zero-order chi connectivity index (χ0) is 16.5. The number of aromatic nitrogens is 1. The molecule has 2 aliphatic heterocycles. The van der Waals surface area contributed by atoms with E-state index in [1.807, 2.05) is 6.07 Å². The first-order valence-electron chi connectivity index (χ1n) is 8.37. The molecule has 6 heteroatoms. The molecule has 126 valence electrons. The lowest BCUT2D eigenvalue weighted by molar-refractivity contribution is 0.346. The molecule has 2 aromatic rings. The van der Waals surface area contributed by atoms with Crippen molar-refractivity contribution in [3.8, 4) is 11.1 Å². The number of hydrogen-bond acceptors (Lipinski definition) is 4. The summed E-state index contributed by atoms with van der Waals surface area (Å²) in [6, 6.07) is 5.52. The van der Waals surface area contributed by atoms with Gasteiger partial charge in [-0.1, -0.05) is 0 Å². The van der Waals surface area contributed by atoms with Crippen LogP contribution in [0.4, 0.5) is 20.3 Å². The molecule has 1 saturated heterocycles. The third-order valence-electron chi connectivity index (χ3n) is 4.73. The summed E-state index contributed by atoms with van der Waals surface area (Å²) in [6.07, 6.45) is 4.22. The van der Waals surface area contributed by atoms with Crippen LogP contribution in [-0.4, -0.2) is 42.7 Å². The van der Waals surface area contributed by atoms with Crippen molar-refractivity contribution in [3.63, 3.8) is 0 Å². The Hall–Kier alpha value is -2.21. The van der Waals surface area contributed by atoms with Crippen LogP contribution in [0.5, 0.6) is 0 Å². The molecule has 1 N–H and O–H groups in total. The van der Waals surface area contributed by atoms with Gasteiger partial charge in [-0.3, -0.25) is 0 Å². The van der Waals surface area contributed by atoms with Gasteiger partial charge in [0, 0.05) is 30.9 Å². The number of hydrogen-bond donors (Lipinski definition) is 1. The summed E-state index contributed by atoms with van der Waals surface area (Å²) in [7, 11) is 0. The Kier molecular flexibility index (Phi) is 4.06. The lowest BCUT2D eigenvalue weighted by Gasteiger charge is -2.22. The van der Waals surface area contributed by atoms with E-state index >= 15 is 0 Å². The SMILES string of the molecule is Fc1cc(F)cc(-c2cnc3c(c2)N(CCN2CCCC2)CN3)c1. The summed E-state index contributed by atoms with van der Waals surface area (Å²) in [4.78, 5) is 9.12. The highest BCUT2D eigenvalue weighted by Gasteiger charge is 2.22. The van der Waals surface area contributed by atoms with Crippen molar-refractivity contribution >= 4 is 11.5 Å². The molecule has 4 rings (SSSR count). The molecule has 24 heavy (non-hydrogen) atoms. The number of pyridine rings is 1. The number of anilines is 2. The molecule has 0 aliphatic carbocycles. The predicted molar refractivity (Wildman–Crippen MR) is 91.1 cm³/mol. The molecule has 3 heterocycles. The third-order valence-corrected chi connectivity index (χ3v) is 4.73. The van der Waals surface area contributed by atoms with E-state index in [1.165, 1.54) is 38.1 Å². The van der Waals surface area contributed by atoms with Crippen molar-refractivity contribution in [2.75, 3.05) is 43.1 Å². The summed E-state index contributed by atoms with van der Waals surface area (Å²) < 4.78 is 26.9. The Balaban J connectivity index is 1.56. The number of fused-ring (bicyclic) bond motifs is 1. The Morgan fingerprint density at radius 3 is 2.46 bits per heavy atom. The van der Waals surface area contributed by atoms with Crippen LogP contribution >= 0.6 is 0 Å². The number of rotatable bonds is 4. The highest BCUT2D eigenvalue weighted by Crippen LogP contribution is 2.33. The lowest BCUT2D eigenvalue weighted by atomic mass is 10.1. The number of nitrogens with zero attached hydrogens (tertiary/aromatic N) is 3. The minimum Gasteiger partial charge on any atom is -0.351 e. The standard InChI is InChI=1S/C18H20F2N4/c19-15-7-13(8-16(20)10-15)14-9-17-18(21-11-14)22-12-24(17)6-5-23-3-1-2-4-23/h7-11H,1-6,12H2,(H,21,22). The van der Waals surface area contributed by atoms with E-state index in [1.54, 1.807) is 6.20 Å². The van der Waals surface area contributed by atoms with Crippen LogP contribution in [0.25, 0.3) is 11.1 Å². The van der Waals surface area contributed by atoms with Gasteiger partial charge in [-0.15, -0.1) is 0 Å². The number of nitrogens with one attached hydrogen (secondary N) is 1. The normalized spacial score (nSPS) is 17.2. The first-order valence-corrected chi connectivity index (χ1v) is 8.37. The first-order chi connectivity index (χ1) is 11.7. The molecule has 0 unspecified atom stereocenters. The third kappa shape index (κ3) is 3.06. The summed E-state index contributed by atoms with van der Waals surface area (Å²) in [5.74, 6) is -0.318. The molecular formula is C18H20F2N4. The monoisotopic (exact) mass is 330 g/mol. The molecule has 0 radical (unpaired) electrons. The van der Waals surface area contributed by atoms with Crippen molar-refractivity contribution in [3.05, 3.63) is 42.1 Å². The lowest BCUT2D eigenvalue weighted by Crippen LogP contribution is -2.33. The van der Waals surface area contributed by atoms with Crippen molar-refractivity contribution in [2.24, 2.45) is 0 Å². The van der Waals surface area contributed by atoms with E-state index in [4.69, 9.17) is 0 Å². The molecule has 0 saturated carbocycles. The molecule has 4 nitrogen and oxygen atoms in total. The van der Waals surface area contributed by atoms with E-state index in [9.17, 15) is 8.78 Å². The Morgan fingerprint density at radius 2 is 1.71 bits per heavy atom. The summed E-state index contributed by atoms with van der Waals surface area (Å²) in [5.41, 5.74) is 2.23. The first kappa shape index (κ1) is 15.3. The molecule has 0 bridgehead atoms. The largest absolute Gasteiger partial charge is 0.351 e. The summed E-state index contributed by atoms with van der Waals surface area (Å²) in [6.45, 7) is 5.02. The van der Waals surface area contributed by atoms with Crippen LogP contribution in [0.15, 0.2) is 30.5 Å². The van der Waals surface area contributed by atoms with Gasteiger partial charge >= 0.3 is 0 Å². The maximum atomic E-state index is 13.5. The zero-order valence-corrected chi connectivity index (χ0v) is 13.4. The minimum atomic E-state index is -0.575. The van der Waals surface area contributed by atoms with E-state index in [0.29, 0.717) is 5.56 Å². The number of halogens is 2. The van der Waals surface area contributed by atoms with Gasteiger partial charge in [-0.25, -0.2) is 13.8 Å². The van der Waals surface area contributed by atoms with Crippen molar-refractivity contribution in [1.29, 1.82) is 0 Å². The molecular weight excluding hydrogens is 310 g/mol. The van der Waals surface area contributed by atoms with Crippen molar-refractivity contribution < 1.29 is 8.78 Å². The summed E-state index contributed by atoms with van der Waals surface area (Å²) >= 11 is 0. The molecule has 0 amide bonds. The van der Waals surface area contributed by atoms with Gasteiger partial charge < -0.3 is 15.1 Å². The molecule has 1 aromatic carbocycles. The van der Waals surface area contributed by atoms with Crippen LogP contribution < -0.4 is 10.2 Å². The maximum Gasteiger partial charge on any atom is 0.151 e. The quantitative estimate of drug-likeness (QED) is 0.932. The fourth-order valence-corrected chi connectivity index (χ4v) is 3.43. The van der Waals surface area contributed by atoms with E-state index < -0.39 is 11.6 Å². The summed E-state index contributed by atoms with van der Waals surface area (Å²) in [5, 5.41) is 3.28. The van der Waals surface area contributed by atoms with Crippen LogP contribution in [0.1, 0.15) is 12.8 Å². The van der Waals surface area contributed by atoms with Gasteiger partial charge in [-0.05, 0) is 49.7 Å². The second kappa shape index (κ2) is 6.36. The van der Waals surface area contributed by atoms with Crippen LogP contribution in [0.2, 0.25) is 0 Å². The fraction of sp³-hybridized carbons (Fsp3) is 0.389. The zero-order valence-electron chi connectivity index (χ0n) is 13.4. The van der Waals surface area contributed by atoms with Gasteiger partial charge in [0.1, 0.15) is 11.6 Å².